The molecule has 7 heteroatoms. The highest BCUT2D eigenvalue weighted by Gasteiger charge is 2.76. The minimum absolute atomic E-state index is 0.0815. The smallest absolute Gasteiger partial charge is 0.239 e. The summed E-state index contributed by atoms with van der Waals surface area (Å²) in [5.74, 6) is -0.826. The molecule has 0 radical (unpaired) electrons. The molecule has 2 atom stereocenters. The largest absolute Gasteiger partial charge is 0.411 e. The molecule has 2 aliphatic rings. The van der Waals surface area contributed by atoms with Gasteiger partial charge in [0.05, 0.1) is 0 Å². The lowest BCUT2D eigenvalue weighted by molar-refractivity contribution is -0.140. The van der Waals surface area contributed by atoms with Crippen LogP contribution in [0.25, 0.3) is 0 Å². The number of hydrogen-bond acceptors (Lipinski definition) is 4. The average molecular weight is 369 g/mol. The molecule has 2 saturated carbocycles. The summed E-state index contributed by atoms with van der Waals surface area (Å²) in [4.78, 5) is 26.0. The third kappa shape index (κ3) is 1.91. The topological polar surface area (TPSA) is 78.8 Å². The van der Waals surface area contributed by atoms with Crippen LogP contribution in [0.5, 0.6) is 0 Å². The van der Waals surface area contributed by atoms with Crippen LogP contribution >= 0.6 is 23.2 Å². The number of Topliss-reactive ketones (excluding diaryl/α,β-unsaturated/α-hetero) is 1. The molecule has 2 fully saturated rings. The summed E-state index contributed by atoms with van der Waals surface area (Å²) in [6.07, 6.45) is 1.02. The van der Waals surface area contributed by atoms with Crippen molar-refractivity contribution in [3.8, 4) is 0 Å². The fraction of sp³-hybridized carbons (Fsp3) is 0.471. The second kappa shape index (κ2) is 5.20. The monoisotopic (exact) mass is 368 g/mol. The van der Waals surface area contributed by atoms with E-state index in [2.05, 4.69) is 10.5 Å². The second-order valence-electron chi connectivity index (χ2n) is 7.25. The van der Waals surface area contributed by atoms with Crippen LogP contribution in [0.3, 0.4) is 0 Å². The number of benzene rings is 1. The lowest BCUT2D eigenvalue weighted by Crippen LogP contribution is -2.47. The molecular formula is C17H18Cl2N2O3. The third-order valence-electron chi connectivity index (χ3n) is 6.18. The molecule has 1 aromatic rings. The number of hydrogen-bond donors (Lipinski definition) is 2. The summed E-state index contributed by atoms with van der Waals surface area (Å²) in [5, 5.41) is 16.1. The van der Waals surface area contributed by atoms with Gasteiger partial charge in [0, 0.05) is 21.1 Å². The van der Waals surface area contributed by atoms with E-state index in [0.29, 0.717) is 28.6 Å². The molecule has 0 spiro atoms. The van der Waals surface area contributed by atoms with E-state index in [4.69, 9.17) is 23.2 Å². The molecule has 2 bridgehead atoms. The molecule has 24 heavy (non-hydrogen) atoms. The Morgan fingerprint density at radius 2 is 1.75 bits per heavy atom. The quantitative estimate of drug-likeness (QED) is 0.467. The van der Waals surface area contributed by atoms with E-state index in [1.54, 1.807) is 18.2 Å². The molecule has 0 saturated heterocycles. The summed E-state index contributed by atoms with van der Waals surface area (Å²) in [6, 6.07) is 4.71. The van der Waals surface area contributed by atoms with Gasteiger partial charge in [-0.25, -0.2) is 0 Å². The zero-order chi connectivity index (χ0) is 17.9. The number of oxime groups is 1. The average Bonchev–Trinajstić information content (AvgIpc) is 2.73. The van der Waals surface area contributed by atoms with E-state index in [0.717, 1.165) is 0 Å². The maximum atomic E-state index is 13.1. The van der Waals surface area contributed by atoms with Gasteiger partial charge in [-0.1, -0.05) is 49.1 Å². The molecule has 2 unspecified atom stereocenters. The Morgan fingerprint density at radius 3 is 2.25 bits per heavy atom. The van der Waals surface area contributed by atoms with Gasteiger partial charge in [-0.15, -0.1) is 0 Å². The summed E-state index contributed by atoms with van der Waals surface area (Å²) in [7, 11) is 0. The van der Waals surface area contributed by atoms with Crippen molar-refractivity contribution in [1.29, 1.82) is 0 Å². The third-order valence-corrected chi connectivity index (χ3v) is 6.62. The maximum absolute atomic E-state index is 13.1. The summed E-state index contributed by atoms with van der Waals surface area (Å²) >= 11 is 11.9. The normalized spacial score (nSPS) is 32.4. The van der Waals surface area contributed by atoms with Crippen molar-refractivity contribution >= 4 is 46.3 Å². The fourth-order valence-electron chi connectivity index (χ4n) is 4.32. The lowest BCUT2D eigenvalue weighted by Gasteiger charge is -2.37. The first-order valence-corrected chi connectivity index (χ1v) is 8.40. The van der Waals surface area contributed by atoms with Gasteiger partial charge in [-0.3, -0.25) is 9.59 Å². The summed E-state index contributed by atoms with van der Waals surface area (Å²) in [5.41, 5.74) is -2.07. The molecule has 2 aliphatic carbocycles. The Morgan fingerprint density at radius 1 is 1.17 bits per heavy atom. The Labute approximate surface area is 150 Å². The van der Waals surface area contributed by atoms with Crippen LogP contribution in [0.4, 0.5) is 5.69 Å². The molecule has 0 heterocycles. The number of ketones is 1. The van der Waals surface area contributed by atoms with Gasteiger partial charge in [0.2, 0.25) is 5.91 Å². The Hall–Kier alpha value is -1.59. The van der Waals surface area contributed by atoms with Crippen LogP contribution in [-0.4, -0.2) is 22.6 Å². The fourth-order valence-corrected chi connectivity index (χ4v) is 4.84. The van der Waals surface area contributed by atoms with Gasteiger partial charge in [0.1, 0.15) is 11.1 Å². The Bertz CT molecular complexity index is 770. The van der Waals surface area contributed by atoms with Crippen molar-refractivity contribution in [3.63, 3.8) is 0 Å². The van der Waals surface area contributed by atoms with E-state index in [9.17, 15) is 14.8 Å². The molecule has 5 nitrogen and oxygen atoms in total. The van der Waals surface area contributed by atoms with Crippen molar-refractivity contribution in [3.05, 3.63) is 28.2 Å². The lowest BCUT2D eigenvalue weighted by atomic mass is 9.64. The van der Waals surface area contributed by atoms with Crippen molar-refractivity contribution in [1.82, 2.24) is 0 Å². The Balaban J connectivity index is 2.04. The molecule has 0 aromatic heterocycles. The highest BCUT2D eigenvalue weighted by molar-refractivity contribution is 6.51. The zero-order valence-electron chi connectivity index (χ0n) is 13.6. The standard InChI is InChI=1S/C17H18Cl2N2O3/c1-15(2)16(3)4-5-17(15,13(22)12(16)21-24)14(23)20-11-7-9(18)6-10(19)8-11/h6-8,24H,4-5H2,1-3H3,(H,20,23)/b21-12+. The number of carbonyl (C=O) groups excluding carboxylic acids is 2. The van der Waals surface area contributed by atoms with Gasteiger partial charge >= 0.3 is 0 Å². The van der Waals surface area contributed by atoms with Crippen molar-refractivity contribution in [2.45, 2.75) is 33.6 Å². The zero-order valence-corrected chi connectivity index (χ0v) is 15.1. The second-order valence-corrected chi connectivity index (χ2v) is 8.13. The number of fused-ring (bicyclic) bond motifs is 2. The molecular weight excluding hydrogens is 351 g/mol. The first-order chi connectivity index (χ1) is 11.1. The predicted octanol–water partition coefficient (Wildman–Crippen LogP) is 4.16. The van der Waals surface area contributed by atoms with Gasteiger partial charge in [0.15, 0.2) is 5.78 Å². The Kier molecular flexibility index (Phi) is 3.74. The minimum Gasteiger partial charge on any atom is -0.411 e. The molecule has 0 aliphatic heterocycles. The van der Waals surface area contributed by atoms with E-state index in [-0.39, 0.29) is 5.71 Å². The first kappa shape index (κ1) is 17.2. The van der Waals surface area contributed by atoms with Gasteiger partial charge in [0.25, 0.3) is 0 Å². The van der Waals surface area contributed by atoms with E-state index in [1.165, 1.54) is 0 Å². The van der Waals surface area contributed by atoms with Crippen molar-refractivity contribution in [2.75, 3.05) is 5.32 Å². The molecule has 3 rings (SSSR count). The number of nitrogens with zero attached hydrogens (tertiary/aromatic N) is 1. The number of carbonyl (C=O) groups is 2. The summed E-state index contributed by atoms with van der Waals surface area (Å²) in [6.45, 7) is 5.62. The number of anilines is 1. The van der Waals surface area contributed by atoms with Crippen molar-refractivity contribution < 1.29 is 14.8 Å². The summed E-state index contributed by atoms with van der Waals surface area (Å²) < 4.78 is 0. The number of amides is 1. The van der Waals surface area contributed by atoms with Gasteiger partial charge < -0.3 is 10.5 Å². The van der Waals surface area contributed by atoms with E-state index < -0.39 is 27.9 Å². The van der Waals surface area contributed by atoms with Crippen molar-refractivity contribution in [2.24, 2.45) is 21.4 Å². The van der Waals surface area contributed by atoms with Crippen LogP contribution in [-0.2, 0) is 9.59 Å². The van der Waals surface area contributed by atoms with Crippen LogP contribution in [0.1, 0.15) is 33.6 Å². The van der Waals surface area contributed by atoms with Crippen LogP contribution in [0.2, 0.25) is 10.0 Å². The SMILES string of the molecule is CC12CCC(C(=O)Nc3cc(Cl)cc(Cl)c3)(C(=O)/C1=N\O)C2(C)C. The number of rotatable bonds is 2. The highest BCUT2D eigenvalue weighted by atomic mass is 35.5. The predicted molar refractivity (Wildman–Crippen MR) is 92.9 cm³/mol. The van der Waals surface area contributed by atoms with E-state index >= 15 is 0 Å². The van der Waals surface area contributed by atoms with E-state index in [1.807, 2.05) is 20.8 Å². The minimum atomic E-state index is -1.27. The van der Waals surface area contributed by atoms with Gasteiger partial charge in [-0.2, -0.15) is 0 Å². The first-order valence-electron chi connectivity index (χ1n) is 7.65. The molecule has 1 amide bonds. The highest BCUT2D eigenvalue weighted by Crippen LogP contribution is 2.69. The molecule has 2 N–H and O–H groups in total. The van der Waals surface area contributed by atoms with Crippen LogP contribution in [0, 0.1) is 16.2 Å². The molecule has 1 aromatic carbocycles. The number of nitrogens with one attached hydrogen (secondary N) is 1. The maximum Gasteiger partial charge on any atom is 0.239 e. The van der Waals surface area contributed by atoms with Crippen LogP contribution < -0.4 is 5.32 Å². The van der Waals surface area contributed by atoms with Gasteiger partial charge in [-0.05, 0) is 36.5 Å². The van der Waals surface area contributed by atoms with Crippen LogP contribution in [0.15, 0.2) is 23.4 Å². The molecule has 128 valence electrons. The number of halogens is 2.